The van der Waals surface area contributed by atoms with Gasteiger partial charge in [0.15, 0.2) is 0 Å². The van der Waals surface area contributed by atoms with Crippen molar-refractivity contribution in [3.8, 4) is 11.4 Å². The van der Waals surface area contributed by atoms with Gasteiger partial charge in [0, 0.05) is 23.9 Å². The SMILES string of the molecule is CC(NC(=O)CN1CCC(C(N)=O)CC1)c1nc(-c2cccnc2)no1. The summed E-state index contributed by atoms with van der Waals surface area (Å²) in [6, 6.07) is 3.22. The molecule has 1 saturated heterocycles. The maximum absolute atomic E-state index is 12.2. The van der Waals surface area contributed by atoms with Crippen LogP contribution in [0.5, 0.6) is 0 Å². The number of likely N-dealkylation sites (tertiary alicyclic amines) is 1. The Bertz CT molecular complexity index is 755. The molecule has 9 heteroatoms. The average Bonchev–Trinajstić information content (AvgIpc) is 3.13. The van der Waals surface area contributed by atoms with E-state index in [1.54, 1.807) is 25.4 Å². The lowest BCUT2D eigenvalue weighted by Gasteiger charge is -2.30. The third-order valence-corrected chi connectivity index (χ3v) is 4.47. The number of pyridine rings is 1. The zero-order valence-corrected chi connectivity index (χ0v) is 14.6. The predicted octanol–water partition coefficient (Wildman–Crippen LogP) is 0.506. The van der Waals surface area contributed by atoms with Crippen molar-refractivity contribution in [2.75, 3.05) is 19.6 Å². The molecule has 0 saturated carbocycles. The molecule has 0 bridgehead atoms. The molecule has 3 heterocycles. The molecule has 26 heavy (non-hydrogen) atoms. The van der Waals surface area contributed by atoms with Crippen LogP contribution in [0, 0.1) is 5.92 Å². The predicted molar refractivity (Wildman–Crippen MR) is 92.4 cm³/mol. The molecule has 1 fully saturated rings. The van der Waals surface area contributed by atoms with Gasteiger partial charge in [-0.1, -0.05) is 5.16 Å². The van der Waals surface area contributed by atoms with Gasteiger partial charge in [0.25, 0.3) is 0 Å². The molecule has 0 aromatic carbocycles. The number of carbonyl (C=O) groups excluding carboxylic acids is 2. The highest BCUT2D eigenvalue weighted by Crippen LogP contribution is 2.18. The first-order valence-corrected chi connectivity index (χ1v) is 8.58. The Kier molecular flexibility index (Phi) is 5.57. The van der Waals surface area contributed by atoms with Crippen molar-refractivity contribution in [2.45, 2.75) is 25.8 Å². The highest BCUT2D eigenvalue weighted by molar-refractivity contribution is 5.79. The van der Waals surface area contributed by atoms with Crippen molar-refractivity contribution in [1.82, 2.24) is 25.3 Å². The van der Waals surface area contributed by atoms with Crippen LogP contribution in [-0.2, 0) is 9.59 Å². The molecule has 1 unspecified atom stereocenters. The minimum Gasteiger partial charge on any atom is -0.369 e. The van der Waals surface area contributed by atoms with Crippen LogP contribution in [0.4, 0.5) is 0 Å². The van der Waals surface area contributed by atoms with Crippen molar-refractivity contribution in [3.63, 3.8) is 0 Å². The largest absolute Gasteiger partial charge is 0.369 e. The number of aromatic nitrogens is 3. The second-order valence-electron chi connectivity index (χ2n) is 6.44. The van der Waals surface area contributed by atoms with Gasteiger partial charge in [-0.25, -0.2) is 0 Å². The molecule has 3 rings (SSSR count). The zero-order valence-electron chi connectivity index (χ0n) is 14.6. The molecule has 1 aliphatic heterocycles. The van der Waals surface area contributed by atoms with Crippen molar-refractivity contribution in [2.24, 2.45) is 11.7 Å². The zero-order chi connectivity index (χ0) is 18.5. The third kappa shape index (κ3) is 4.42. The smallest absolute Gasteiger partial charge is 0.249 e. The molecule has 0 radical (unpaired) electrons. The summed E-state index contributed by atoms with van der Waals surface area (Å²) in [6.45, 7) is 3.42. The number of primary amides is 1. The van der Waals surface area contributed by atoms with Crippen LogP contribution in [0.25, 0.3) is 11.4 Å². The van der Waals surface area contributed by atoms with Crippen molar-refractivity contribution < 1.29 is 14.1 Å². The number of nitrogens with two attached hydrogens (primary N) is 1. The fourth-order valence-electron chi connectivity index (χ4n) is 2.95. The lowest BCUT2D eigenvalue weighted by molar-refractivity contribution is -0.124. The Balaban J connectivity index is 1.50. The van der Waals surface area contributed by atoms with Crippen LogP contribution in [0.1, 0.15) is 31.7 Å². The van der Waals surface area contributed by atoms with Gasteiger partial charge >= 0.3 is 0 Å². The van der Waals surface area contributed by atoms with Gasteiger partial charge in [-0.15, -0.1) is 0 Å². The summed E-state index contributed by atoms with van der Waals surface area (Å²) in [5, 5.41) is 6.78. The monoisotopic (exact) mass is 358 g/mol. The van der Waals surface area contributed by atoms with E-state index >= 15 is 0 Å². The number of nitrogens with zero attached hydrogens (tertiary/aromatic N) is 4. The molecule has 1 aliphatic rings. The van der Waals surface area contributed by atoms with E-state index in [9.17, 15) is 9.59 Å². The van der Waals surface area contributed by atoms with E-state index in [2.05, 4.69) is 20.4 Å². The molecule has 1 atom stereocenters. The van der Waals surface area contributed by atoms with Crippen LogP contribution in [0.15, 0.2) is 29.0 Å². The van der Waals surface area contributed by atoms with E-state index in [1.165, 1.54) is 0 Å². The molecule has 3 N–H and O–H groups in total. The first-order chi connectivity index (χ1) is 12.5. The van der Waals surface area contributed by atoms with E-state index in [1.807, 2.05) is 11.0 Å². The van der Waals surface area contributed by atoms with Crippen LogP contribution >= 0.6 is 0 Å². The summed E-state index contributed by atoms with van der Waals surface area (Å²) in [5.41, 5.74) is 6.07. The van der Waals surface area contributed by atoms with Gasteiger partial charge in [0.05, 0.1) is 6.54 Å². The number of rotatable bonds is 6. The van der Waals surface area contributed by atoms with E-state index in [0.29, 0.717) is 37.6 Å². The standard InChI is InChI=1S/C17H22N6O3/c1-11(17-21-16(22-26-17)13-3-2-6-19-9-13)20-14(24)10-23-7-4-12(5-8-23)15(18)25/h2-3,6,9,11-12H,4-5,7-8,10H2,1H3,(H2,18,25)(H,20,24). The summed E-state index contributed by atoms with van der Waals surface area (Å²) in [4.78, 5) is 33.8. The Hall–Kier alpha value is -2.81. The molecule has 9 nitrogen and oxygen atoms in total. The van der Waals surface area contributed by atoms with Gasteiger partial charge in [-0.05, 0) is 45.0 Å². The maximum atomic E-state index is 12.2. The van der Waals surface area contributed by atoms with Gasteiger partial charge in [0.2, 0.25) is 23.5 Å². The highest BCUT2D eigenvalue weighted by Gasteiger charge is 2.25. The number of hydrogen-bond acceptors (Lipinski definition) is 7. The topological polar surface area (TPSA) is 127 Å². The molecule has 138 valence electrons. The average molecular weight is 358 g/mol. The third-order valence-electron chi connectivity index (χ3n) is 4.47. The lowest BCUT2D eigenvalue weighted by Crippen LogP contribution is -2.44. The summed E-state index contributed by atoms with van der Waals surface area (Å²) < 4.78 is 5.24. The first kappa shape index (κ1) is 18.0. The molecule has 2 amide bonds. The minimum absolute atomic E-state index is 0.0856. The molecular weight excluding hydrogens is 336 g/mol. The summed E-state index contributed by atoms with van der Waals surface area (Å²) in [7, 11) is 0. The van der Waals surface area contributed by atoms with Crippen LogP contribution < -0.4 is 11.1 Å². The summed E-state index contributed by atoms with van der Waals surface area (Å²) in [6.07, 6.45) is 4.69. The Morgan fingerprint density at radius 2 is 2.19 bits per heavy atom. The molecule has 2 aromatic rings. The highest BCUT2D eigenvalue weighted by atomic mass is 16.5. The number of nitrogens with one attached hydrogen (secondary N) is 1. The van der Waals surface area contributed by atoms with Crippen molar-refractivity contribution >= 4 is 11.8 Å². The number of hydrogen-bond donors (Lipinski definition) is 2. The normalized spacial score (nSPS) is 17.0. The van der Waals surface area contributed by atoms with Crippen LogP contribution in [0.2, 0.25) is 0 Å². The number of piperidine rings is 1. The fourth-order valence-corrected chi connectivity index (χ4v) is 2.95. The summed E-state index contributed by atoms with van der Waals surface area (Å²) in [5.74, 6) is 0.296. The van der Waals surface area contributed by atoms with E-state index in [-0.39, 0.29) is 24.3 Å². The summed E-state index contributed by atoms with van der Waals surface area (Å²) >= 11 is 0. The Labute approximate surface area is 151 Å². The molecule has 0 aliphatic carbocycles. The molecule has 2 aromatic heterocycles. The van der Waals surface area contributed by atoms with Gasteiger partial charge in [0.1, 0.15) is 6.04 Å². The fraction of sp³-hybridized carbons (Fsp3) is 0.471. The minimum atomic E-state index is -0.399. The van der Waals surface area contributed by atoms with E-state index < -0.39 is 6.04 Å². The molecular formula is C17H22N6O3. The lowest BCUT2D eigenvalue weighted by atomic mass is 9.96. The van der Waals surface area contributed by atoms with Gasteiger partial charge < -0.3 is 15.6 Å². The Morgan fingerprint density at radius 1 is 1.42 bits per heavy atom. The molecule has 0 spiro atoms. The first-order valence-electron chi connectivity index (χ1n) is 8.58. The second-order valence-corrected chi connectivity index (χ2v) is 6.44. The van der Waals surface area contributed by atoms with Gasteiger partial charge in [-0.2, -0.15) is 4.98 Å². The second kappa shape index (κ2) is 8.05. The quantitative estimate of drug-likeness (QED) is 0.770. The number of carbonyl (C=O) groups is 2. The van der Waals surface area contributed by atoms with Crippen molar-refractivity contribution in [3.05, 3.63) is 30.4 Å². The number of amides is 2. The van der Waals surface area contributed by atoms with Crippen LogP contribution in [0.3, 0.4) is 0 Å². The Morgan fingerprint density at radius 3 is 2.85 bits per heavy atom. The van der Waals surface area contributed by atoms with Gasteiger partial charge in [-0.3, -0.25) is 19.5 Å². The van der Waals surface area contributed by atoms with Crippen LogP contribution in [-0.4, -0.2) is 51.5 Å². The maximum Gasteiger partial charge on any atom is 0.249 e. The van der Waals surface area contributed by atoms with E-state index in [4.69, 9.17) is 10.3 Å². The van der Waals surface area contributed by atoms with Crippen molar-refractivity contribution in [1.29, 1.82) is 0 Å². The van der Waals surface area contributed by atoms with E-state index in [0.717, 1.165) is 5.56 Å².